The van der Waals surface area contributed by atoms with Crippen molar-refractivity contribution in [2.24, 2.45) is 10.9 Å². The summed E-state index contributed by atoms with van der Waals surface area (Å²) in [5.74, 6) is 3.67. The molecular weight excluding hydrogens is 392 g/mol. The monoisotopic (exact) mass is 426 g/mol. The molecule has 1 aliphatic heterocycles. The second-order valence-electron chi connectivity index (χ2n) is 7.73. The highest BCUT2D eigenvalue weighted by Gasteiger charge is 2.22. The number of rotatable bonds is 8. The van der Waals surface area contributed by atoms with Gasteiger partial charge in [0.25, 0.3) is 0 Å². The van der Waals surface area contributed by atoms with Gasteiger partial charge < -0.3 is 15.5 Å². The number of hydrogen-bond acceptors (Lipinski definition) is 3. The Balaban J connectivity index is 1.46. The van der Waals surface area contributed by atoms with Crippen LogP contribution < -0.4 is 10.6 Å². The number of benzene rings is 2. The first kappa shape index (κ1) is 22.5. The minimum atomic E-state index is 0.150. The first-order valence-electron chi connectivity index (χ1n) is 11.0. The Labute approximate surface area is 184 Å². The third-order valence-electron chi connectivity index (χ3n) is 5.64. The number of guanidine groups is 1. The zero-order valence-corrected chi connectivity index (χ0v) is 19.0. The summed E-state index contributed by atoms with van der Waals surface area (Å²) in [5.41, 5.74) is 1.40. The largest absolute Gasteiger partial charge is 0.359 e. The van der Waals surface area contributed by atoms with Gasteiger partial charge in [-0.05, 0) is 42.0 Å². The van der Waals surface area contributed by atoms with Gasteiger partial charge in [-0.15, -0.1) is 0 Å². The SMILES string of the molecule is CCNC(=NCCSCc1cccc2ccccc12)N1CCC(CC(=O)NC)CC1. The summed E-state index contributed by atoms with van der Waals surface area (Å²) in [6, 6.07) is 15.1. The fourth-order valence-corrected chi connectivity index (χ4v) is 4.79. The van der Waals surface area contributed by atoms with Crippen LogP contribution >= 0.6 is 11.8 Å². The summed E-state index contributed by atoms with van der Waals surface area (Å²) < 4.78 is 0. The molecule has 0 bridgehead atoms. The van der Waals surface area contributed by atoms with Crippen molar-refractivity contribution >= 4 is 34.4 Å². The van der Waals surface area contributed by atoms with Crippen LogP contribution in [0.15, 0.2) is 47.5 Å². The number of nitrogens with zero attached hydrogens (tertiary/aromatic N) is 2. The molecule has 2 aromatic rings. The van der Waals surface area contributed by atoms with Crippen molar-refractivity contribution in [2.45, 2.75) is 31.9 Å². The van der Waals surface area contributed by atoms with Gasteiger partial charge in [0.2, 0.25) is 5.91 Å². The number of likely N-dealkylation sites (tertiary alicyclic amines) is 1. The molecule has 0 aliphatic carbocycles. The molecule has 1 saturated heterocycles. The molecule has 1 heterocycles. The van der Waals surface area contributed by atoms with Crippen molar-refractivity contribution < 1.29 is 4.79 Å². The Morgan fingerprint density at radius 1 is 1.17 bits per heavy atom. The molecule has 0 aromatic heterocycles. The molecule has 0 radical (unpaired) electrons. The van der Waals surface area contributed by atoms with Gasteiger partial charge in [-0.2, -0.15) is 11.8 Å². The van der Waals surface area contributed by atoms with E-state index in [9.17, 15) is 4.79 Å². The smallest absolute Gasteiger partial charge is 0.220 e. The maximum atomic E-state index is 11.6. The Hall–Kier alpha value is -2.21. The highest BCUT2D eigenvalue weighted by atomic mass is 32.2. The molecule has 0 saturated carbocycles. The van der Waals surface area contributed by atoms with E-state index in [1.807, 2.05) is 11.8 Å². The number of carbonyl (C=O) groups is 1. The van der Waals surface area contributed by atoms with Crippen molar-refractivity contribution in [3.05, 3.63) is 48.0 Å². The fourth-order valence-electron chi connectivity index (χ4n) is 3.96. The van der Waals surface area contributed by atoms with Gasteiger partial charge in [0.15, 0.2) is 5.96 Å². The highest BCUT2D eigenvalue weighted by Crippen LogP contribution is 2.23. The lowest BCUT2D eigenvalue weighted by molar-refractivity contribution is -0.121. The van der Waals surface area contributed by atoms with Crippen LogP contribution in [-0.4, -0.2) is 55.7 Å². The highest BCUT2D eigenvalue weighted by molar-refractivity contribution is 7.98. The number of aliphatic imine (C=N–C) groups is 1. The van der Waals surface area contributed by atoms with E-state index < -0.39 is 0 Å². The predicted octanol–water partition coefficient (Wildman–Crippen LogP) is 3.89. The molecule has 2 N–H and O–H groups in total. The summed E-state index contributed by atoms with van der Waals surface area (Å²) in [4.78, 5) is 18.8. The van der Waals surface area contributed by atoms with Gasteiger partial charge in [-0.25, -0.2) is 0 Å². The molecule has 3 rings (SSSR count). The van der Waals surface area contributed by atoms with E-state index in [2.05, 4.69) is 64.9 Å². The number of thioether (sulfide) groups is 1. The van der Waals surface area contributed by atoms with E-state index in [0.717, 1.165) is 56.5 Å². The van der Waals surface area contributed by atoms with Gasteiger partial charge in [-0.3, -0.25) is 9.79 Å². The third kappa shape index (κ3) is 6.39. The second-order valence-corrected chi connectivity index (χ2v) is 8.84. The number of nitrogens with one attached hydrogen (secondary N) is 2. The number of amides is 1. The molecule has 6 heteroatoms. The maximum absolute atomic E-state index is 11.6. The Bertz CT molecular complexity index is 841. The van der Waals surface area contributed by atoms with Crippen LogP contribution in [0, 0.1) is 5.92 Å². The lowest BCUT2D eigenvalue weighted by Gasteiger charge is -2.34. The standard InChI is InChI=1S/C24H34N4OS/c1-3-26-24(28-14-11-19(12-15-28)17-23(29)25-2)27-13-16-30-18-21-9-6-8-20-7-4-5-10-22(20)21/h4-10,19H,3,11-18H2,1-2H3,(H,25,29)(H,26,27). The number of piperidine rings is 1. The summed E-state index contributed by atoms with van der Waals surface area (Å²) >= 11 is 1.94. The number of fused-ring (bicyclic) bond motifs is 1. The van der Waals surface area contributed by atoms with Gasteiger partial charge in [0.1, 0.15) is 0 Å². The van der Waals surface area contributed by atoms with E-state index in [1.54, 1.807) is 7.05 Å². The average molecular weight is 427 g/mol. The molecular formula is C24H34N4OS. The van der Waals surface area contributed by atoms with Crippen LogP contribution in [-0.2, 0) is 10.5 Å². The molecule has 30 heavy (non-hydrogen) atoms. The van der Waals surface area contributed by atoms with Crippen molar-refractivity contribution in [1.29, 1.82) is 0 Å². The molecule has 0 atom stereocenters. The Morgan fingerprint density at radius 3 is 2.70 bits per heavy atom. The first-order chi connectivity index (χ1) is 14.7. The Kier molecular flexibility index (Phi) is 8.87. The zero-order chi connectivity index (χ0) is 21.2. The minimum Gasteiger partial charge on any atom is -0.359 e. The van der Waals surface area contributed by atoms with E-state index in [0.29, 0.717) is 12.3 Å². The number of carbonyl (C=O) groups excluding carboxylic acids is 1. The van der Waals surface area contributed by atoms with Gasteiger partial charge in [0, 0.05) is 44.6 Å². The second kappa shape index (κ2) is 11.8. The molecule has 5 nitrogen and oxygen atoms in total. The lowest BCUT2D eigenvalue weighted by Crippen LogP contribution is -2.46. The van der Waals surface area contributed by atoms with E-state index >= 15 is 0 Å². The predicted molar refractivity (Wildman–Crippen MR) is 129 cm³/mol. The quantitative estimate of drug-likeness (QED) is 0.382. The van der Waals surface area contributed by atoms with Gasteiger partial charge in [0.05, 0.1) is 6.54 Å². The molecule has 1 fully saturated rings. The molecule has 1 amide bonds. The van der Waals surface area contributed by atoms with Gasteiger partial charge >= 0.3 is 0 Å². The summed E-state index contributed by atoms with van der Waals surface area (Å²) in [6.07, 6.45) is 2.74. The molecule has 0 spiro atoms. The fraction of sp³-hybridized carbons (Fsp3) is 0.500. The summed E-state index contributed by atoms with van der Waals surface area (Å²) in [6.45, 7) is 5.74. The number of hydrogen-bond donors (Lipinski definition) is 2. The van der Waals surface area contributed by atoms with Crippen molar-refractivity contribution in [3.8, 4) is 0 Å². The minimum absolute atomic E-state index is 0.150. The average Bonchev–Trinajstić information content (AvgIpc) is 2.78. The summed E-state index contributed by atoms with van der Waals surface area (Å²) in [7, 11) is 1.71. The van der Waals surface area contributed by atoms with Crippen molar-refractivity contribution in [1.82, 2.24) is 15.5 Å². The van der Waals surface area contributed by atoms with E-state index in [-0.39, 0.29) is 5.91 Å². The van der Waals surface area contributed by atoms with E-state index in [4.69, 9.17) is 4.99 Å². The zero-order valence-electron chi connectivity index (χ0n) is 18.2. The van der Waals surface area contributed by atoms with Crippen molar-refractivity contribution in [3.63, 3.8) is 0 Å². The van der Waals surface area contributed by atoms with Crippen LogP contribution in [0.3, 0.4) is 0 Å². The summed E-state index contributed by atoms with van der Waals surface area (Å²) in [5, 5.41) is 8.84. The molecule has 2 aromatic carbocycles. The topological polar surface area (TPSA) is 56.7 Å². The maximum Gasteiger partial charge on any atom is 0.220 e. The molecule has 162 valence electrons. The third-order valence-corrected chi connectivity index (χ3v) is 6.62. The van der Waals surface area contributed by atoms with Crippen LogP contribution in [0.25, 0.3) is 10.8 Å². The Morgan fingerprint density at radius 2 is 1.93 bits per heavy atom. The molecule has 0 unspecified atom stereocenters. The van der Waals surface area contributed by atoms with Crippen LogP contribution in [0.1, 0.15) is 31.7 Å². The van der Waals surface area contributed by atoms with Crippen LogP contribution in [0.4, 0.5) is 0 Å². The molecule has 1 aliphatic rings. The van der Waals surface area contributed by atoms with Gasteiger partial charge in [-0.1, -0.05) is 42.5 Å². The normalized spacial score (nSPS) is 15.4. The first-order valence-corrected chi connectivity index (χ1v) is 12.1. The lowest BCUT2D eigenvalue weighted by atomic mass is 9.93. The van der Waals surface area contributed by atoms with Crippen LogP contribution in [0.5, 0.6) is 0 Å². The van der Waals surface area contributed by atoms with Crippen LogP contribution in [0.2, 0.25) is 0 Å². The van der Waals surface area contributed by atoms with E-state index in [1.165, 1.54) is 16.3 Å². The van der Waals surface area contributed by atoms with Crippen molar-refractivity contribution in [2.75, 3.05) is 39.0 Å².